The van der Waals surface area contributed by atoms with Crippen LogP contribution in [-0.2, 0) is 9.59 Å². The summed E-state index contributed by atoms with van der Waals surface area (Å²) in [4.78, 5) is 22.3. The number of carbonyl (C=O) groups is 2. The Balaban J connectivity index is 4.44. The Kier molecular flexibility index (Phi) is 10.4. The van der Waals surface area contributed by atoms with Crippen molar-refractivity contribution in [3.05, 3.63) is 23.3 Å². The molecule has 0 radical (unpaired) electrons. The lowest BCUT2D eigenvalue weighted by atomic mass is 9.98. The van der Waals surface area contributed by atoms with E-state index in [-0.39, 0.29) is 11.1 Å². The summed E-state index contributed by atoms with van der Waals surface area (Å²) in [5.41, 5.74) is 0.124. The van der Waals surface area contributed by atoms with Crippen LogP contribution in [0.25, 0.3) is 0 Å². The van der Waals surface area contributed by atoms with Crippen LogP contribution in [0.3, 0.4) is 0 Å². The maximum absolute atomic E-state index is 11.2. The third kappa shape index (κ3) is 7.77. The number of aliphatic carboxylic acids is 2. The molecule has 0 heterocycles. The molecule has 0 fully saturated rings. The van der Waals surface area contributed by atoms with Crippen LogP contribution in [0.1, 0.15) is 65.2 Å². The summed E-state index contributed by atoms with van der Waals surface area (Å²) in [6.45, 7) is 3.97. The normalized spacial score (nSPS) is 12.5. The van der Waals surface area contributed by atoms with Gasteiger partial charge in [0.25, 0.3) is 0 Å². The first kappa shape index (κ1) is 18.4. The molecule has 0 spiro atoms. The lowest BCUT2D eigenvalue weighted by molar-refractivity contribution is -0.136. The van der Waals surface area contributed by atoms with Gasteiger partial charge in [0.1, 0.15) is 0 Å². The number of hydrogen-bond acceptors (Lipinski definition) is 2. The van der Waals surface area contributed by atoms with Crippen molar-refractivity contribution in [2.45, 2.75) is 65.2 Å². The van der Waals surface area contributed by atoms with Gasteiger partial charge in [-0.05, 0) is 38.5 Å². The maximum Gasteiger partial charge on any atom is 0.332 e. The Morgan fingerprint density at radius 3 is 1.85 bits per heavy atom. The van der Waals surface area contributed by atoms with Crippen molar-refractivity contribution >= 4 is 11.9 Å². The number of hydrogen-bond donors (Lipinski definition) is 2. The lowest BCUT2D eigenvalue weighted by Gasteiger charge is -2.07. The van der Waals surface area contributed by atoms with Crippen LogP contribution in [0.5, 0.6) is 0 Å². The summed E-state index contributed by atoms with van der Waals surface area (Å²) >= 11 is 0. The van der Waals surface area contributed by atoms with Crippen molar-refractivity contribution < 1.29 is 19.8 Å². The summed E-state index contributed by atoms with van der Waals surface area (Å²) in [5.74, 6) is -2.20. The standard InChI is InChI=1S/C16H26O4/c1-3-5-6-7-8-9-10-12-14(16(19)20)13(11-4-2)15(17)18/h6-7H,3-5,8-12H2,1-2H3,(H,17,18)(H,19,20). The number of unbranched alkanes of at least 4 members (excludes halogenated alkanes) is 3. The van der Waals surface area contributed by atoms with Gasteiger partial charge in [0.2, 0.25) is 0 Å². The molecule has 0 aromatic rings. The number of carboxylic acids is 2. The Morgan fingerprint density at radius 1 is 0.800 bits per heavy atom. The van der Waals surface area contributed by atoms with Crippen molar-refractivity contribution in [3.63, 3.8) is 0 Å². The molecule has 114 valence electrons. The molecule has 0 saturated carbocycles. The highest BCUT2D eigenvalue weighted by atomic mass is 16.4. The predicted molar refractivity (Wildman–Crippen MR) is 79.7 cm³/mol. The minimum Gasteiger partial charge on any atom is -0.478 e. The van der Waals surface area contributed by atoms with Crippen LogP contribution in [0.2, 0.25) is 0 Å². The predicted octanol–water partition coefficient (Wildman–Crippen LogP) is 4.17. The molecule has 4 heteroatoms. The zero-order valence-electron chi connectivity index (χ0n) is 12.5. The van der Waals surface area contributed by atoms with E-state index in [1.165, 1.54) is 0 Å². The minimum absolute atomic E-state index is 0.0570. The summed E-state index contributed by atoms with van der Waals surface area (Å²) < 4.78 is 0. The molecule has 0 amide bonds. The van der Waals surface area contributed by atoms with Gasteiger partial charge in [0, 0.05) is 11.1 Å². The average Bonchev–Trinajstić information content (AvgIpc) is 2.39. The first-order valence-electron chi connectivity index (χ1n) is 7.38. The third-order valence-corrected chi connectivity index (χ3v) is 3.05. The molecule has 0 aliphatic carbocycles. The molecule has 0 aromatic carbocycles. The molecule has 0 rings (SSSR count). The Labute approximate surface area is 121 Å². The molecule has 2 N–H and O–H groups in total. The van der Waals surface area contributed by atoms with E-state index in [1.54, 1.807) is 0 Å². The van der Waals surface area contributed by atoms with Gasteiger partial charge in [-0.25, -0.2) is 9.59 Å². The van der Waals surface area contributed by atoms with Crippen LogP contribution in [0, 0.1) is 0 Å². The summed E-state index contributed by atoms with van der Waals surface area (Å²) in [7, 11) is 0. The van der Waals surface area contributed by atoms with E-state index in [4.69, 9.17) is 10.2 Å². The molecule has 0 aromatic heterocycles. The fourth-order valence-corrected chi connectivity index (χ4v) is 1.99. The summed E-state index contributed by atoms with van der Waals surface area (Å²) in [5, 5.41) is 18.2. The van der Waals surface area contributed by atoms with Crippen LogP contribution >= 0.6 is 0 Å². The maximum atomic E-state index is 11.2. The second-order valence-corrected chi connectivity index (χ2v) is 4.82. The molecular weight excluding hydrogens is 256 g/mol. The first-order chi connectivity index (χ1) is 9.54. The van der Waals surface area contributed by atoms with Gasteiger partial charge in [-0.1, -0.05) is 38.8 Å². The summed E-state index contributed by atoms with van der Waals surface area (Å²) in [6.07, 6.45) is 10.2. The van der Waals surface area contributed by atoms with Gasteiger partial charge in [-0.3, -0.25) is 0 Å². The Morgan fingerprint density at radius 2 is 1.35 bits per heavy atom. The molecule has 20 heavy (non-hydrogen) atoms. The fourth-order valence-electron chi connectivity index (χ4n) is 1.99. The van der Waals surface area contributed by atoms with Crippen molar-refractivity contribution in [2.75, 3.05) is 0 Å². The van der Waals surface area contributed by atoms with E-state index >= 15 is 0 Å². The number of rotatable bonds is 11. The third-order valence-electron chi connectivity index (χ3n) is 3.05. The van der Waals surface area contributed by atoms with Gasteiger partial charge in [0.15, 0.2) is 0 Å². The van der Waals surface area contributed by atoms with Crippen molar-refractivity contribution in [3.8, 4) is 0 Å². The van der Waals surface area contributed by atoms with Crippen LogP contribution < -0.4 is 0 Å². The summed E-state index contributed by atoms with van der Waals surface area (Å²) in [6, 6.07) is 0. The van der Waals surface area contributed by atoms with Gasteiger partial charge in [-0.2, -0.15) is 0 Å². The zero-order chi connectivity index (χ0) is 15.4. The van der Waals surface area contributed by atoms with Crippen molar-refractivity contribution in [1.29, 1.82) is 0 Å². The number of allylic oxidation sites excluding steroid dienone is 2. The van der Waals surface area contributed by atoms with Crippen LogP contribution in [0.4, 0.5) is 0 Å². The molecule has 0 aliphatic rings. The molecule has 4 nitrogen and oxygen atoms in total. The van der Waals surface area contributed by atoms with E-state index in [2.05, 4.69) is 19.1 Å². The highest BCUT2D eigenvalue weighted by Gasteiger charge is 2.18. The second-order valence-electron chi connectivity index (χ2n) is 4.82. The van der Waals surface area contributed by atoms with Crippen molar-refractivity contribution in [1.82, 2.24) is 0 Å². The van der Waals surface area contributed by atoms with Crippen LogP contribution in [0.15, 0.2) is 23.3 Å². The van der Waals surface area contributed by atoms with E-state index in [1.807, 2.05) is 6.92 Å². The Bertz CT molecular complexity index is 367. The topological polar surface area (TPSA) is 74.6 Å². The van der Waals surface area contributed by atoms with E-state index in [0.717, 1.165) is 25.7 Å². The molecule has 0 saturated heterocycles. The highest BCUT2D eigenvalue weighted by molar-refractivity contribution is 5.98. The van der Waals surface area contributed by atoms with Crippen molar-refractivity contribution in [2.24, 2.45) is 0 Å². The largest absolute Gasteiger partial charge is 0.478 e. The lowest BCUT2D eigenvalue weighted by Crippen LogP contribution is -2.11. The fraction of sp³-hybridized carbons (Fsp3) is 0.625. The smallest absolute Gasteiger partial charge is 0.332 e. The quantitative estimate of drug-likeness (QED) is 0.339. The van der Waals surface area contributed by atoms with E-state index < -0.39 is 11.9 Å². The second kappa shape index (κ2) is 11.3. The average molecular weight is 282 g/mol. The molecule has 0 bridgehead atoms. The molecular formula is C16H26O4. The van der Waals surface area contributed by atoms with Gasteiger partial charge in [0.05, 0.1) is 0 Å². The Hall–Kier alpha value is -1.58. The SMILES string of the molecule is CCCC=CCCCCC(C(=O)O)=C(CCC)C(=O)O. The molecule has 0 atom stereocenters. The van der Waals surface area contributed by atoms with Crippen LogP contribution in [-0.4, -0.2) is 22.2 Å². The van der Waals surface area contributed by atoms with Gasteiger partial charge in [-0.15, -0.1) is 0 Å². The van der Waals surface area contributed by atoms with E-state index in [9.17, 15) is 9.59 Å². The van der Waals surface area contributed by atoms with E-state index in [0.29, 0.717) is 25.7 Å². The zero-order valence-corrected chi connectivity index (χ0v) is 12.5. The molecule has 0 unspecified atom stereocenters. The minimum atomic E-state index is -1.10. The monoisotopic (exact) mass is 282 g/mol. The van der Waals surface area contributed by atoms with Gasteiger partial charge >= 0.3 is 11.9 Å². The molecule has 0 aliphatic heterocycles. The first-order valence-corrected chi connectivity index (χ1v) is 7.38. The van der Waals surface area contributed by atoms with Gasteiger partial charge < -0.3 is 10.2 Å². The number of carboxylic acid groups (broad SMARTS) is 2. The highest BCUT2D eigenvalue weighted by Crippen LogP contribution is 2.18.